The molecule has 6 atom stereocenters. The van der Waals surface area contributed by atoms with Crippen LogP contribution in [0.5, 0.6) is 0 Å². The smallest absolute Gasteiger partial charge is 0.315 e. The fourth-order valence-corrected chi connectivity index (χ4v) is 4.97. The minimum Gasteiger partial charge on any atom is -0.762 e. The first-order valence-corrected chi connectivity index (χ1v) is 7.45. The van der Waals surface area contributed by atoms with Crippen molar-refractivity contribution < 1.29 is 19.8 Å². The van der Waals surface area contributed by atoms with Crippen LogP contribution in [-0.4, -0.2) is 39.8 Å². The first-order valence-electron chi connectivity index (χ1n) is 7.45. The molecule has 0 radical (unpaired) electrons. The molecule has 6 heteroatoms. The summed E-state index contributed by atoms with van der Waals surface area (Å²) in [5, 5.41) is 31.8. The number of hydrogen-bond donors (Lipinski definition) is 2. The Kier molecular flexibility index (Phi) is 3.22. The van der Waals surface area contributed by atoms with Gasteiger partial charge >= 0.3 is 5.97 Å². The Morgan fingerprint density at radius 1 is 1.48 bits per heavy atom. The van der Waals surface area contributed by atoms with Crippen molar-refractivity contribution in [2.24, 2.45) is 16.7 Å². The lowest BCUT2D eigenvalue weighted by atomic mass is 9.62. The quantitative estimate of drug-likeness (QED) is 0.457. The van der Waals surface area contributed by atoms with Crippen LogP contribution in [0, 0.1) is 22.0 Å². The summed E-state index contributed by atoms with van der Waals surface area (Å²) in [7, 11) is 0. The number of hydrogen-bond acceptors (Lipinski definition) is 6. The van der Waals surface area contributed by atoms with Crippen molar-refractivity contribution in [1.29, 1.82) is 0 Å². The second-order valence-corrected chi connectivity index (χ2v) is 7.05. The molecule has 0 aromatic heterocycles. The zero-order chi connectivity index (χ0) is 15.6. The largest absolute Gasteiger partial charge is 0.762 e. The highest BCUT2D eigenvalue weighted by Gasteiger charge is 2.72. The lowest BCUT2D eigenvalue weighted by molar-refractivity contribution is -0.166. The highest BCUT2D eigenvalue weighted by Crippen LogP contribution is 2.65. The van der Waals surface area contributed by atoms with Crippen LogP contribution in [0.2, 0.25) is 0 Å². The standard InChI is InChI=1S/C15H22NO5/c1-8(2)9-4-6-14(3)10(16(19)20)5-7-15(14)12(17)11(9)21-13(15)18/h9-12,17,19H,1,4-7H2,2-3H3/q-1. The first kappa shape index (κ1) is 15.0. The van der Waals surface area contributed by atoms with Crippen molar-refractivity contribution in [2.75, 3.05) is 0 Å². The molecule has 2 aliphatic carbocycles. The van der Waals surface area contributed by atoms with E-state index < -0.39 is 35.0 Å². The fourth-order valence-electron chi connectivity index (χ4n) is 4.97. The van der Waals surface area contributed by atoms with Crippen LogP contribution in [0.4, 0.5) is 0 Å². The molecule has 3 fully saturated rings. The third kappa shape index (κ3) is 1.64. The van der Waals surface area contributed by atoms with Crippen molar-refractivity contribution in [3.8, 4) is 0 Å². The van der Waals surface area contributed by atoms with Gasteiger partial charge in [0.1, 0.15) is 17.6 Å². The third-order valence-electron chi connectivity index (χ3n) is 6.26. The summed E-state index contributed by atoms with van der Waals surface area (Å²) in [5.41, 5.74) is -1.01. The molecule has 118 valence electrons. The van der Waals surface area contributed by atoms with E-state index in [2.05, 4.69) is 6.58 Å². The molecule has 1 aliphatic heterocycles. The van der Waals surface area contributed by atoms with Gasteiger partial charge in [-0.05, 0) is 32.6 Å². The maximum atomic E-state index is 12.5. The lowest BCUT2D eigenvalue weighted by Gasteiger charge is -2.46. The van der Waals surface area contributed by atoms with Gasteiger partial charge in [-0.2, -0.15) is 0 Å². The Morgan fingerprint density at radius 3 is 2.71 bits per heavy atom. The van der Waals surface area contributed by atoms with Gasteiger partial charge in [-0.1, -0.05) is 19.1 Å². The molecule has 2 saturated carbocycles. The lowest BCUT2D eigenvalue weighted by Crippen LogP contribution is -2.53. The first-order chi connectivity index (χ1) is 9.75. The van der Waals surface area contributed by atoms with E-state index in [4.69, 9.17) is 4.74 Å². The maximum Gasteiger partial charge on any atom is 0.315 e. The molecule has 2 N–H and O–H groups in total. The second kappa shape index (κ2) is 4.52. The third-order valence-corrected chi connectivity index (χ3v) is 6.26. The van der Waals surface area contributed by atoms with Crippen LogP contribution >= 0.6 is 0 Å². The van der Waals surface area contributed by atoms with Crippen molar-refractivity contribution >= 4 is 5.97 Å². The van der Waals surface area contributed by atoms with Crippen molar-refractivity contribution in [1.82, 2.24) is 5.23 Å². The summed E-state index contributed by atoms with van der Waals surface area (Å²) < 4.78 is 5.50. The van der Waals surface area contributed by atoms with E-state index in [1.165, 1.54) is 0 Å². The predicted molar refractivity (Wildman–Crippen MR) is 74.0 cm³/mol. The Bertz CT molecular complexity index is 492. The molecule has 3 rings (SSSR count). The van der Waals surface area contributed by atoms with Crippen LogP contribution in [0.1, 0.15) is 39.5 Å². The summed E-state index contributed by atoms with van der Waals surface area (Å²) in [6, 6.07) is -0.692. The highest BCUT2D eigenvalue weighted by atomic mass is 16.8. The maximum absolute atomic E-state index is 12.5. The van der Waals surface area contributed by atoms with Gasteiger partial charge in [0, 0.05) is 17.4 Å². The van der Waals surface area contributed by atoms with Gasteiger partial charge in [0.2, 0.25) is 0 Å². The van der Waals surface area contributed by atoms with E-state index in [9.17, 15) is 20.3 Å². The summed E-state index contributed by atoms with van der Waals surface area (Å²) >= 11 is 0. The Balaban J connectivity index is 2.11. The van der Waals surface area contributed by atoms with E-state index in [-0.39, 0.29) is 11.1 Å². The van der Waals surface area contributed by atoms with Gasteiger partial charge < -0.3 is 20.3 Å². The summed E-state index contributed by atoms with van der Waals surface area (Å²) in [5.74, 6) is -0.539. The van der Waals surface area contributed by atoms with Crippen LogP contribution in [0.25, 0.3) is 0 Å². The van der Waals surface area contributed by atoms with Gasteiger partial charge in [0.15, 0.2) is 0 Å². The minimum absolute atomic E-state index is 0.0385. The van der Waals surface area contributed by atoms with Crippen LogP contribution in [-0.2, 0) is 9.53 Å². The monoisotopic (exact) mass is 296 g/mol. The fraction of sp³-hybridized carbons (Fsp3) is 0.800. The van der Waals surface area contributed by atoms with E-state index in [0.29, 0.717) is 25.7 Å². The van der Waals surface area contributed by atoms with Gasteiger partial charge in [0.25, 0.3) is 0 Å². The van der Waals surface area contributed by atoms with Crippen LogP contribution in [0.15, 0.2) is 12.2 Å². The van der Waals surface area contributed by atoms with E-state index in [0.717, 1.165) is 5.57 Å². The Morgan fingerprint density at radius 2 is 2.14 bits per heavy atom. The minimum atomic E-state index is -1.09. The number of aliphatic hydroxyl groups excluding tert-OH is 1. The van der Waals surface area contributed by atoms with Gasteiger partial charge in [-0.25, -0.2) is 0 Å². The number of carbonyl (C=O) groups excluding carboxylic acids is 1. The Hall–Kier alpha value is -0.950. The number of nitrogens with zero attached hydrogens (tertiary/aromatic N) is 1. The molecule has 21 heavy (non-hydrogen) atoms. The van der Waals surface area contributed by atoms with E-state index in [1.54, 1.807) is 0 Å². The molecule has 0 amide bonds. The number of hydroxylamine groups is 2. The van der Waals surface area contributed by atoms with Crippen molar-refractivity contribution in [3.63, 3.8) is 0 Å². The van der Waals surface area contributed by atoms with Crippen molar-refractivity contribution in [3.05, 3.63) is 17.4 Å². The molecule has 0 aromatic rings. The molecule has 3 aliphatic rings. The molecule has 2 bridgehead atoms. The SMILES string of the molecule is C=C(C)C1CCC2(C)C(N([O-])O)CCC23C(=O)OC1C3O. The summed E-state index contributed by atoms with van der Waals surface area (Å²) in [4.78, 5) is 12.5. The molecule has 0 aromatic carbocycles. The van der Waals surface area contributed by atoms with E-state index in [1.807, 2.05) is 13.8 Å². The molecule has 1 spiro atoms. The Labute approximate surface area is 123 Å². The number of aliphatic hydroxyl groups is 1. The summed E-state index contributed by atoms with van der Waals surface area (Å²) in [6.45, 7) is 7.62. The van der Waals surface area contributed by atoms with E-state index >= 15 is 0 Å². The summed E-state index contributed by atoms with van der Waals surface area (Å²) in [6.07, 6.45) is 0.475. The van der Waals surface area contributed by atoms with Gasteiger partial charge in [-0.3, -0.25) is 10.0 Å². The molecule has 6 unspecified atom stereocenters. The average molecular weight is 296 g/mol. The van der Waals surface area contributed by atoms with Gasteiger partial charge in [-0.15, -0.1) is 0 Å². The number of carbonyl (C=O) groups is 1. The topological polar surface area (TPSA) is 93.1 Å². The molecule has 1 saturated heterocycles. The second-order valence-electron chi connectivity index (χ2n) is 7.05. The zero-order valence-electron chi connectivity index (χ0n) is 12.4. The number of fused-ring (bicyclic) bond motifs is 1. The van der Waals surface area contributed by atoms with Crippen LogP contribution in [0.3, 0.4) is 0 Å². The molecular formula is C15H22NO5-. The molecular weight excluding hydrogens is 274 g/mol. The highest BCUT2D eigenvalue weighted by molar-refractivity contribution is 5.82. The molecule has 6 nitrogen and oxygen atoms in total. The number of esters is 1. The van der Waals surface area contributed by atoms with Gasteiger partial charge in [0.05, 0.1) is 0 Å². The predicted octanol–water partition coefficient (Wildman–Crippen LogP) is 1.60. The van der Waals surface area contributed by atoms with Crippen molar-refractivity contribution in [2.45, 2.75) is 57.8 Å². The normalized spacial score (nSPS) is 49.0. The average Bonchev–Trinajstić information content (AvgIpc) is 2.78. The molecule has 1 heterocycles. The number of ether oxygens (including phenoxy) is 1. The zero-order valence-corrected chi connectivity index (χ0v) is 12.4. The van der Waals surface area contributed by atoms with Crippen LogP contribution < -0.4 is 0 Å². The number of rotatable bonds is 2.